The van der Waals surface area contributed by atoms with Crippen molar-refractivity contribution < 1.29 is 62.1 Å². The van der Waals surface area contributed by atoms with Gasteiger partial charge >= 0.3 is 0 Å². The zero-order valence-corrected chi connectivity index (χ0v) is 40.3. The maximum Gasteiger partial charge on any atom is 0.254 e. The number of aliphatic hydroxyl groups is 2. The predicted octanol–water partition coefficient (Wildman–Crippen LogP) is -0.397. The first-order valence-corrected chi connectivity index (χ1v) is 22.7. The molecule has 0 bridgehead atoms. The van der Waals surface area contributed by atoms with E-state index >= 15 is 4.39 Å². The summed E-state index contributed by atoms with van der Waals surface area (Å²) >= 11 is 0. The van der Waals surface area contributed by atoms with Crippen LogP contribution < -0.4 is 37.6 Å². The van der Waals surface area contributed by atoms with Gasteiger partial charge in [0.05, 0.1) is 24.5 Å². The monoisotopic (exact) mass is 992 g/mol. The van der Waals surface area contributed by atoms with Gasteiger partial charge in [-0.05, 0) is 55.5 Å². The molecule has 1 unspecified atom stereocenters. The molecule has 0 radical (unpaired) electrons. The summed E-state index contributed by atoms with van der Waals surface area (Å²) in [5.41, 5.74) is 6.11. The Hall–Kier alpha value is -7.37. The minimum atomic E-state index is -1.93. The van der Waals surface area contributed by atoms with Gasteiger partial charge in [0, 0.05) is 68.3 Å². The Morgan fingerprint density at radius 2 is 1.45 bits per heavy atom. The topological polar surface area (TPSA) is 304 Å². The van der Waals surface area contributed by atoms with Crippen LogP contribution in [0.25, 0.3) is 11.1 Å². The average Bonchev–Trinajstić information content (AvgIpc) is 3.85. The molecule has 6 atom stereocenters. The third-order valence-corrected chi connectivity index (χ3v) is 11.2. The van der Waals surface area contributed by atoms with Crippen molar-refractivity contribution in [2.75, 3.05) is 32.8 Å². The number of benzene rings is 2. The number of amides is 9. The summed E-state index contributed by atoms with van der Waals surface area (Å²) < 4.78 is 31.7. The van der Waals surface area contributed by atoms with Gasteiger partial charge in [-0.1, -0.05) is 51.1 Å². The lowest BCUT2D eigenvalue weighted by Gasteiger charge is -2.41. The van der Waals surface area contributed by atoms with Crippen LogP contribution in [0.4, 0.5) is 8.78 Å². The number of hydrogen-bond acceptors (Lipinski definition) is 12. The molecule has 0 aliphatic carbocycles. The van der Waals surface area contributed by atoms with Crippen LogP contribution in [0.3, 0.4) is 0 Å². The Bertz CT molecular complexity index is 2460. The van der Waals surface area contributed by atoms with Crippen molar-refractivity contribution in [3.63, 3.8) is 0 Å². The second-order valence-electron chi connectivity index (χ2n) is 18.0. The number of carbonyl (C=O) groups is 9. The summed E-state index contributed by atoms with van der Waals surface area (Å²) in [6, 6.07) is 7.53. The Morgan fingerprint density at radius 1 is 0.831 bits per heavy atom. The first-order chi connectivity index (χ1) is 33.4. The summed E-state index contributed by atoms with van der Waals surface area (Å²) in [7, 11) is 0. The minimum absolute atomic E-state index is 0.0548. The molecule has 21 nitrogen and oxygen atoms in total. The third-order valence-electron chi connectivity index (χ3n) is 11.2. The zero-order valence-electron chi connectivity index (χ0n) is 40.3. The van der Waals surface area contributed by atoms with Crippen LogP contribution in [0.1, 0.15) is 71.7 Å². The Labute approximate surface area is 408 Å². The molecule has 3 aromatic rings. The first kappa shape index (κ1) is 56.2. The van der Waals surface area contributed by atoms with Crippen molar-refractivity contribution in [2.45, 2.75) is 97.4 Å². The molecule has 1 aromatic heterocycles. The van der Waals surface area contributed by atoms with Crippen LogP contribution in [0, 0.1) is 17.0 Å². The summed E-state index contributed by atoms with van der Waals surface area (Å²) in [6.45, 7) is 7.15. The largest absolute Gasteiger partial charge is 0.387 e. The molecule has 1 aliphatic heterocycles. The SMILES string of the molecule is CC(=O)N[C@@H](C)C(=O)N[C@H](C)C(=O)N[C@@H](CC(N)=O)C(O)N[C@@H](CCN(C(=O)CO)[C@@H](c1cc(-c2cc(F)ccc2F)cn1Cc1ccccc1)C(C)(C)C)C(=O)NCCNC(=O)CN1C(=O)C=CC1=O. The molecule has 2 aromatic carbocycles. The van der Waals surface area contributed by atoms with Gasteiger partial charge in [0.15, 0.2) is 0 Å². The lowest BCUT2D eigenvalue weighted by Crippen LogP contribution is -2.60. The molecule has 71 heavy (non-hydrogen) atoms. The number of aromatic nitrogens is 1. The van der Waals surface area contributed by atoms with Gasteiger partial charge in [0.25, 0.3) is 11.8 Å². The van der Waals surface area contributed by atoms with E-state index in [1.165, 1.54) is 25.7 Å². The van der Waals surface area contributed by atoms with Crippen LogP contribution in [-0.4, -0.2) is 141 Å². The van der Waals surface area contributed by atoms with Gasteiger partial charge in [0.1, 0.15) is 43.1 Å². The number of nitrogens with zero attached hydrogens (tertiary/aromatic N) is 3. The van der Waals surface area contributed by atoms with E-state index in [1.54, 1.807) is 16.8 Å². The molecule has 4 rings (SSSR count). The quantitative estimate of drug-likeness (QED) is 0.0298. The van der Waals surface area contributed by atoms with Crippen LogP contribution in [0.2, 0.25) is 0 Å². The van der Waals surface area contributed by atoms with Gasteiger partial charge < -0.3 is 52.0 Å². The first-order valence-electron chi connectivity index (χ1n) is 22.7. The number of nitrogens with one attached hydrogen (secondary N) is 6. The highest BCUT2D eigenvalue weighted by atomic mass is 19.1. The number of aliphatic hydroxyl groups excluding tert-OH is 2. The lowest BCUT2D eigenvalue weighted by molar-refractivity contribution is -0.141. The average molecular weight is 993 g/mol. The molecule has 10 N–H and O–H groups in total. The van der Waals surface area contributed by atoms with Crippen LogP contribution in [0.15, 0.2) is 72.9 Å². The smallest absolute Gasteiger partial charge is 0.254 e. The predicted molar refractivity (Wildman–Crippen MR) is 252 cm³/mol. The van der Waals surface area contributed by atoms with Crippen molar-refractivity contribution in [3.8, 4) is 11.1 Å². The fourth-order valence-electron chi connectivity index (χ4n) is 7.82. The normalized spacial score (nSPS) is 14.9. The molecule has 0 fully saturated rings. The Morgan fingerprint density at radius 3 is 2.06 bits per heavy atom. The molecule has 0 spiro atoms. The van der Waals surface area contributed by atoms with E-state index in [9.17, 15) is 57.8 Å². The van der Waals surface area contributed by atoms with E-state index in [-0.39, 0.29) is 43.7 Å². The molecule has 23 heteroatoms. The van der Waals surface area contributed by atoms with E-state index in [0.717, 1.165) is 35.9 Å². The second-order valence-corrected chi connectivity index (χ2v) is 18.0. The second kappa shape index (κ2) is 25.5. The van der Waals surface area contributed by atoms with E-state index in [1.807, 2.05) is 51.1 Å². The van der Waals surface area contributed by atoms with Crippen molar-refractivity contribution in [1.82, 2.24) is 46.3 Å². The van der Waals surface area contributed by atoms with Gasteiger partial charge in [-0.15, -0.1) is 0 Å². The molecule has 1 aliphatic rings. The number of halogens is 2. The summed E-state index contributed by atoms with van der Waals surface area (Å²) in [4.78, 5) is 116. The van der Waals surface area contributed by atoms with Crippen molar-refractivity contribution >= 4 is 53.2 Å². The van der Waals surface area contributed by atoms with Gasteiger partial charge in [0.2, 0.25) is 41.4 Å². The summed E-state index contributed by atoms with van der Waals surface area (Å²) in [5, 5.41) is 37.0. The molecule has 0 saturated carbocycles. The number of carbonyl (C=O) groups excluding carboxylic acids is 9. The highest BCUT2D eigenvalue weighted by molar-refractivity contribution is 6.14. The molecule has 0 saturated heterocycles. The van der Waals surface area contributed by atoms with E-state index < -0.39 is 126 Å². The summed E-state index contributed by atoms with van der Waals surface area (Å²) in [6.07, 6.45) is 0.690. The number of imide groups is 1. The van der Waals surface area contributed by atoms with Crippen molar-refractivity contribution in [1.29, 1.82) is 0 Å². The Kier molecular flexibility index (Phi) is 20.2. The molecule has 384 valence electrons. The number of nitrogens with two attached hydrogens (primary N) is 1. The van der Waals surface area contributed by atoms with Gasteiger partial charge in [-0.2, -0.15) is 0 Å². The molecule has 2 heterocycles. The van der Waals surface area contributed by atoms with E-state index in [0.29, 0.717) is 10.6 Å². The molecule has 9 amide bonds. The molecular weight excluding hydrogens is 931 g/mol. The third kappa shape index (κ3) is 16.4. The zero-order chi connectivity index (χ0) is 52.7. The van der Waals surface area contributed by atoms with Gasteiger partial charge in [-0.3, -0.25) is 53.4 Å². The number of hydrogen-bond donors (Lipinski definition) is 9. The highest BCUT2D eigenvalue weighted by Crippen LogP contribution is 2.41. The lowest BCUT2D eigenvalue weighted by atomic mass is 9.82. The minimum Gasteiger partial charge on any atom is -0.387 e. The van der Waals surface area contributed by atoms with Gasteiger partial charge in [-0.25, -0.2) is 8.78 Å². The van der Waals surface area contributed by atoms with Crippen molar-refractivity contribution in [3.05, 3.63) is 95.8 Å². The fourth-order valence-corrected chi connectivity index (χ4v) is 7.82. The maximum atomic E-state index is 15.3. The highest BCUT2D eigenvalue weighted by Gasteiger charge is 2.39. The van der Waals surface area contributed by atoms with E-state index in [4.69, 9.17) is 5.73 Å². The van der Waals surface area contributed by atoms with Crippen molar-refractivity contribution in [2.24, 2.45) is 11.1 Å². The molecular formula is C48H62F2N10O11. The van der Waals surface area contributed by atoms with Crippen LogP contribution >= 0.6 is 0 Å². The number of rotatable bonds is 25. The van der Waals surface area contributed by atoms with E-state index in [2.05, 4.69) is 31.9 Å². The maximum absolute atomic E-state index is 15.3. The Balaban J connectivity index is 1.68. The van der Waals surface area contributed by atoms with Crippen LogP contribution in [0.5, 0.6) is 0 Å². The fraction of sp³-hybridized carbons (Fsp3) is 0.438. The van der Waals surface area contributed by atoms with Crippen LogP contribution in [-0.2, 0) is 49.7 Å². The number of primary amides is 1. The summed E-state index contributed by atoms with van der Waals surface area (Å²) in [5.74, 6) is -8.22. The standard InChI is InChI=1S/C48H62F2N10O11/c1-27(54-29(3)62)44(68)55-28(2)45(69)57-36(22-38(51)63)47(71)56-35(46(70)53-18-17-52-39(64)25-60-40(65)14-15-41(60)66)16-19-59(42(67)26-61)43(48(4,5)6)37-20-31(33-21-32(49)12-13-34(33)50)24-58(37)23-30-10-8-7-9-11-30/h7-15,20-21,24,27-28,35-36,43,47,56,61,71H,16-19,22-23,25-26H2,1-6H3,(H2,51,63)(H,52,64)(H,53,70)(H,54,62)(H,55,68)(H,57,69)/t27-,28+,35-,36-,43-,47?/m0/s1.